The molecule has 2 aliphatic carbocycles. The highest BCUT2D eigenvalue weighted by molar-refractivity contribution is 5.80. The van der Waals surface area contributed by atoms with Crippen LogP contribution in [0.2, 0.25) is 0 Å². The van der Waals surface area contributed by atoms with Crippen molar-refractivity contribution in [1.29, 1.82) is 0 Å². The van der Waals surface area contributed by atoms with Crippen molar-refractivity contribution >= 4 is 11.8 Å². The van der Waals surface area contributed by atoms with Crippen molar-refractivity contribution in [3.05, 3.63) is 106 Å². The van der Waals surface area contributed by atoms with Crippen molar-refractivity contribution in [3.8, 4) is 0 Å². The molecule has 4 heterocycles. The normalized spacial score (nSPS) is 30.6. The van der Waals surface area contributed by atoms with Crippen LogP contribution in [0.3, 0.4) is 0 Å². The summed E-state index contributed by atoms with van der Waals surface area (Å²) >= 11 is 0. The van der Waals surface area contributed by atoms with E-state index in [9.17, 15) is 9.59 Å². The minimum absolute atomic E-state index is 0.119. The predicted molar refractivity (Wildman–Crippen MR) is 207 cm³/mol. The first-order valence-electron chi connectivity index (χ1n) is 20.9. The van der Waals surface area contributed by atoms with E-state index >= 15 is 0 Å². The van der Waals surface area contributed by atoms with E-state index < -0.39 is 0 Å². The van der Waals surface area contributed by atoms with Crippen molar-refractivity contribution in [2.45, 2.75) is 139 Å². The van der Waals surface area contributed by atoms with Crippen LogP contribution in [0.5, 0.6) is 0 Å². The number of rotatable bonds is 12. The lowest BCUT2D eigenvalue weighted by Crippen LogP contribution is -2.39. The molecule has 3 aromatic rings. The molecule has 6 nitrogen and oxygen atoms in total. The van der Waals surface area contributed by atoms with Crippen LogP contribution >= 0.6 is 0 Å². The maximum absolute atomic E-state index is 13.0. The smallest absolute Gasteiger partial charge is 0.224 e. The van der Waals surface area contributed by atoms with E-state index in [1.165, 1.54) is 77.3 Å². The second-order valence-electron chi connectivity index (χ2n) is 17.3. The van der Waals surface area contributed by atoms with Crippen LogP contribution in [0, 0.1) is 11.8 Å². The van der Waals surface area contributed by atoms with Gasteiger partial charge in [-0.3, -0.25) is 19.4 Å². The Morgan fingerprint density at radius 3 is 1.12 bits per heavy atom. The summed E-state index contributed by atoms with van der Waals surface area (Å²) in [7, 11) is 0. The summed E-state index contributed by atoms with van der Waals surface area (Å²) in [4.78, 5) is 31.5. The molecule has 2 saturated heterocycles. The minimum Gasteiger partial charge on any atom is -0.353 e. The number of carbonyl (C=O) groups is 2. The van der Waals surface area contributed by atoms with Crippen LogP contribution in [0.4, 0.5) is 0 Å². The first-order chi connectivity index (χ1) is 25.6. The highest BCUT2D eigenvalue weighted by Gasteiger charge is 2.44. The molecule has 4 atom stereocenters. The fourth-order valence-corrected chi connectivity index (χ4v) is 11.5. The second-order valence-corrected chi connectivity index (χ2v) is 17.3. The summed E-state index contributed by atoms with van der Waals surface area (Å²) < 4.78 is 0. The van der Waals surface area contributed by atoms with Gasteiger partial charge < -0.3 is 10.6 Å². The first kappa shape index (κ1) is 34.3. The first-order valence-corrected chi connectivity index (χ1v) is 20.9. The Morgan fingerprint density at radius 2 is 0.788 bits per heavy atom. The maximum Gasteiger partial charge on any atom is 0.224 e. The van der Waals surface area contributed by atoms with Gasteiger partial charge in [-0.15, -0.1) is 0 Å². The van der Waals surface area contributed by atoms with Crippen molar-refractivity contribution in [2.75, 3.05) is 13.1 Å². The second kappa shape index (κ2) is 15.1. The Hall–Kier alpha value is -3.48. The molecular weight excluding hydrogens is 641 g/mol. The molecule has 4 fully saturated rings. The van der Waals surface area contributed by atoms with E-state index in [4.69, 9.17) is 0 Å². The summed E-state index contributed by atoms with van der Waals surface area (Å²) in [5.41, 5.74) is 8.34. The average molecular weight is 699 g/mol. The van der Waals surface area contributed by atoms with E-state index in [1.807, 2.05) is 24.3 Å². The van der Waals surface area contributed by atoms with E-state index in [-0.39, 0.29) is 11.8 Å². The number of benzene rings is 3. The van der Waals surface area contributed by atoms with Crippen molar-refractivity contribution < 1.29 is 9.59 Å². The Morgan fingerprint density at radius 1 is 0.462 bits per heavy atom. The molecule has 0 aromatic heterocycles. The Labute approximate surface area is 311 Å². The number of nitrogens with zero attached hydrogens (tertiary/aromatic N) is 2. The largest absolute Gasteiger partial charge is 0.353 e. The lowest BCUT2D eigenvalue weighted by Gasteiger charge is -2.31. The van der Waals surface area contributed by atoms with Gasteiger partial charge in [0.15, 0.2) is 0 Å². The van der Waals surface area contributed by atoms with Crippen molar-refractivity contribution in [2.24, 2.45) is 11.8 Å². The van der Waals surface area contributed by atoms with Gasteiger partial charge in [0.2, 0.25) is 11.8 Å². The number of hydrogen-bond acceptors (Lipinski definition) is 4. The van der Waals surface area contributed by atoms with Gasteiger partial charge in [-0.25, -0.2) is 0 Å². The molecule has 3 aromatic carbocycles. The van der Waals surface area contributed by atoms with Crippen LogP contribution in [0.25, 0.3) is 0 Å². The third kappa shape index (κ3) is 7.10. The lowest BCUT2D eigenvalue weighted by molar-refractivity contribution is -0.122. The topological polar surface area (TPSA) is 64.7 Å². The van der Waals surface area contributed by atoms with Gasteiger partial charge in [-0.05, 0) is 148 Å². The summed E-state index contributed by atoms with van der Waals surface area (Å²) in [6.07, 6.45) is 17.9. The van der Waals surface area contributed by atoms with Gasteiger partial charge >= 0.3 is 0 Å². The zero-order valence-corrected chi connectivity index (χ0v) is 31.0. The molecule has 4 bridgehead atoms. The summed E-state index contributed by atoms with van der Waals surface area (Å²) in [6.45, 7) is 2.42. The van der Waals surface area contributed by atoms with E-state index in [2.05, 4.69) is 69.0 Å². The third-order valence-electron chi connectivity index (χ3n) is 14.2. The van der Waals surface area contributed by atoms with Gasteiger partial charge in [-0.1, -0.05) is 72.8 Å². The van der Waals surface area contributed by atoms with Gasteiger partial charge in [0, 0.05) is 36.3 Å². The molecule has 6 aliphatic rings. The van der Waals surface area contributed by atoms with Gasteiger partial charge in [0.1, 0.15) is 0 Å². The third-order valence-corrected chi connectivity index (χ3v) is 14.2. The molecular formula is C46H58N4O2. The van der Waals surface area contributed by atoms with E-state index in [0.29, 0.717) is 49.1 Å². The molecule has 0 spiro atoms. The van der Waals surface area contributed by atoms with Crippen LogP contribution < -0.4 is 10.6 Å². The Balaban J connectivity index is 0.648. The summed E-state index contributed by atoms with van der Waals surface area (Å²) in [6, 6.07) is 29.5. The van der Waals surface area contributed by atoms with Gasteiger partial charge in [0.25, 0.3) is 0 Å². The standard InChI is InChI=1S/C46H58N4O2/c51-45(47-35-17-13-31(14-18-35)25-27-49-41-21-22-42(49)38-6-2-1-5-37(38)41)29-33-9-11-34(12-10-33)30-46(52)48-36-19-15-32(16-20-36)26-28-50-43-23-24-44(50)40-8-4-3-7-39(40)43/h1-12,31-32,35-36,41-44H,13-30H2,(H,47,51)(H,48,52)/t31?,32?,35?,36?,41-,42+,43-,44+. The number of carbonyl (C=O) groups excluding carboxylic acids is 2. The lowest BCUT2D eigenvalue weighted by atomic mass is 9.84. The quantitative estimate of drug-likeness (QED) is 0.199. The van der Waals surface area contributed by atoms with Crippen LogP contribution in [0.1, 0.15) is 147 Å². The molecule has 52 heavy (non-hydrogen) atoms. The summed E-state index contributed by atoms with van der Waals surface area (Å²) in [5.74, 6) is 1.79. The zero-order chi connectivity index (χ0) is 35.0. The Kier molecular flexibility index (Phi) is 9.96. The molecule has 4 aliphatic heterocycles. The van der Waals surface area contributed by atoms with Crippen LogP contribution in [-0.2, 0) is 22.4 Å². The van der Waals surface area contributed by atoms with E-state index in [0.717, 1.165) is 48.6 Å². The number of amides is 2. The average Bonchev–Trinajstić information content (AvgIpc) is 3.93. The fourth-order valence-electron chi connectivity index (χ4n) is 11.5. The number of hydrogen-bond donors (Lipinski definition) is 2. The molecule has 0 unspecified atom stereocenters. The van der Waals surface area contributed by atoms with Crippen molar-refractivity contribution in [1.82, 2.24) is 20.4 Å². The fraction of sp³-hybridized carbons (Fsp3) is 0.565. The monoisotopic (exact) mass is 698 g/mol. The molecule has 2 N–H and O–H groups in total. The predicted octanol–water partition coefficient (Wildman–Crippen LogP) is 8.69. The molecule has 0 radical (unpaired) electrons. The Bertz CT molecular complexity index is 1530. The highest BCUT2D eigenvalue weighted by Crippen LogP contribution is 2.54. The zero-order valence-electron chi connectivity index (χ0n) is 31.0. The molecule has 274 valence electrons. The van der Waals surface area contributed by atoms with E-state index in [1.54, 1.807) is 22.3 Å². The van der Waals surface area contributed by atoms with Crippen LogP contribution in [-0.4, -0.2) is 46.8 Å². The summed E-state index contributed by atoms with van der Waals surface area (Å²) in [5, 5.41) is 6.67. The van der Waals surface area contributed by atoms with Gasteiger partial charge in [-0.2, -0.15) is 0 Å². The van der Waals surface area contributed by atoms with Crippen LogP contribution in [0.15, 0.2) is 72.8 Å². The number of fused-ring (bicyclic) bond motifs is 10. The number of nitrogens with one attached hydrogen (secondary N) is 2. The van der Waals surface area contributed by atoms with Crippen molar-refractivity contribution in [3.63, 3.8) is 0 Å². The van der Waals surface area contributed by atoms with Gasteiger partial charge in [0.05, 0.1) is 12.8 Å². The molecule has 9 rings (SSSR count). The molecule has 2 amide bonds. The SMILES string of the molecule is O=C(Cc1ccc(CC(=O)NC2CCC(CCN3[C@@H]4CC[C@H]3c3ccccc34)CC2)cc1)NC1CCC(CCN2[C@@H]3CC[C@H]2c2ccccc23)CC1. The minimum atomic E-state index is 0.119. The molecule has 2 saturated carbocycles. The maximum atomic E-state index is 13.0. The molecule has 6 heteroatoms. The highest BCUT2D eigenvalue weighted by atomic mass is 16.2.